The van der Waals surface area contributed by atoms with Crippen molar-refractivity contribution in [2.75, 3.05) is 0 Å². The highest BCUT2D eigenvalue weighted by molar-refractivity contribution is 5.93. The van der Waals surface area contributed by atoms with Crippen LogP contribution < -0.4 is 0 Å². The van der Waals surface area contributed by atoms with Gasteiger partial charge in [-0.2, -0.15) is 27.2 Å². The summed E-state index contributed by atoms with van der Waals surface area (Å²) in [5, 5.41) is 20.4. The van der Waals surface area contributed by atoms with Gasteiger partial charge in [0.15, 0.2) is 5.78 Å². The fraction of sp³-hybridized carbons (Fsp3) is 0.556. The van der Waals surface area contributed by atoms with Gasteiger partial charge in [0, 0.05) is 17.8 Å². The zero-order valence-corrected chi connectivity index (χ0v) is 19.3. The molecule has 8 heteroatoms. The largest absolute Gasteiger partial charge is 0.456 e. The summed E-state index contributed by atoms with van der Waals surface area (Å²) < 4.78 is 70.6. The van der Waals surface area contributed by atoms with E-state index < -0.39 is 41.4 Å². The second-order valence-electron chi connectivity index (χ2n) is 10.7. The number of carbonyl (C=O) groups excluding carboxylic acids is 1. The number of aliphatic hydroxyl groups is 1. The fourth-order valence-electron chi connectivity index (χ4n) is 7.50. The Bertz CT molecular complexity index is 1180. The van der Waals surface area contributed by atoms with E-state index in [1.54, 1.807) is 30.3 Å². The molecule has 4 aliphatic rings. The molecule has 0 bridgehead atoms. The Kier molecular flexibility index (Phi) is 5.34. The number of benzene rings is 1. The number of allylic oxidation sites excluding steroid dienone is 4. The monoisotopic (exact) mass is 491 g/mol. The lowest BCUT2D eigenvalue weighted by Crippen LogP contribution is -2.65. The van der Waals surface area contributed by atoms with Gasteiger partial charge in [-0.3, -0.25) is 4.79 Å². The van der Waals surface area contributed by atoms with E-state index in [4.69, 9.17) is 0 Å². The molecular weight excluding hydrogens is 465 g/mol. The quantitative estimate of drug-likeness (QED) is 0.488. The number of alkyl halides is 5. The Balaban J connectivity index is 1.69. The Morgan fingerprint density at radius 3 is 2.37 bits per heavy atom. The smallest absolute Gasteiger partial charge is 0.383 e. The van der Waals surface area contributed by atoms with Crippen molar-refractivity contribution in [2.24, 2.45) is 17.3 Å². The van der Waals surface area contributed by atoms with Crippen LogP contribution in [0.2, 0.25) is 0 Å². The van der Waals surface area contributed by atoms with Crippen molar-refractivity contribution in [2.45, 2.75) is 75.5 Å². The van der Waals surface area contributed by atoms with Crippen molar-refractivity contribution in [3.05, 3.63) is 58.2 Å². The summed E-state index contributed by atoms with van der Waals surface area (Å²) in [5.41, 5.74) is -0.788. The van der Waals surface area contributed by atoms with Crippen LogP contribution in [0.4, 0.5) is 22.0 Å². The number of fused-ring (bicyclic) bond motifs is 4. The molecule has 0 spiro atoms. The van der Waals surface area contributed by atoms with Crippen molar-refractivity contribution in [3.63, 3.8) is 0 Å². The highest BCUT2D eigenvalue weighted by Crippen LogP contribution is 2.70. The standard InChI is InChI=1S/C27H26F5NO2/c1-24-13-21(16-4-2-15(14-33)3-5-16)23-19-9-7-18(34)12-17(19)6-8-20(23)22(24)10-11-25(24,35)26(28,29)27(30,31)32/h2-5,12,20-22,35H,6-11,13H2,1H3/t20?,21-,22?,24+,25?/m1/s1. The molecule has 1 aromatic rings. The Morgan fingerprint density at radius 2 is 1.74 bits per heavy atom. The van der Waals surface area contributed by atoms with Crippen molar-refractivity contribution < 1.29 is 31.9 Å². The molecule has 2 fully saturated rings. The van der Waals surface area contributed by atoms with E-state index in [-0.39, 0.29) is 24.5 Å². The lowest BCUT2D eigenvalue weighted by molar-refractivity contribution is -0.362. The number of nitriles is 1. The van der Waals surface area contributed by atoms with Crippen LogP contribution in [-0.2, 0) is 4.79 Å². The SMILES string of the molecule is C[C@]12C[C@H](c3ccc(C#N)cc3)C3=C4CCC(=O)C=C4CCC3C1CCC2(O)C(F)(F)C(F)(F)F. The molecule has 5 atom stereocenters. The third-order valence-corrected chi connectivity index (χ3v) is 9.20. The summed E-state index contributed by atoms with van der Waals surface area (Å²) in [6, 6.07) is 8.70. The van der Waals surface area contributed by atoms with Gasteiger partial charge < -0.3 is 5.11 Å². The van der Waals surface area contributed by atoms with Crippen LogP contribution >= 0.6 is 0 Å². The summed E-state index contributed by atoms with van der Waals surface area (Å²) in [5.74, 6) is -6.49. The van der Waals surface area contributed by atoms with Gasteiger partial charge >= 0.3 is 12.1 Å². The highest BCUT2D eigenvalue weighted by atomic mass is 19.4. The molecule has 35 heavy (non-hydrogen) atoms. The fourth-order valence-corrected chi connectivity index (χ4v) is 7.50. The number of halogens is 5. The lowest BCUT2D eigenvalue weighted by atomic mass is 9.50. The van der Waals surface area contributed by atoms with Crippen LogP contribution in [0, 0.1) is 28.6 Å². The van der Waals surface area contributed by atoms with Gasteiger partial charge in [0.2, 0.25) is 0 Å². The molecule has 0 heterocycles. The molecule has 186 valence electrons. The molecule has 3 nitrogen and oxygen atoms in total. The first-order valence-electron chi connectivity index (χ1n) is 12.0. The van der Waals surface area contributed by atoms with Gasteiger partial charge in [0.1, 0.15) is 5.60 Å². The van der Waals surface area contributed by atoms with Crippen LogP contribution in [-0.4, -0.2) is 28.6 Å². The van der Waals surface area contributed by atoms with E-state index in [0.717, 1.165) is 22.3 Å². The second-order valence-corrected chi connectivity index (χ2v) is 10.7. The van der Waals surface area contributed by atoms with Crippen molar-refractivity contribution >= 4 is 5.78 Å². The van der Waals surface area contributed by atoms with Gasteiger partial charge in [-0.1, -0.05) is 24.6 Å². The van der Waals surface area contributed by atoms with Gasteiger partial charge in [-0.15, -0.1) is 0 Å². The van der Waals surface area contributed by atoms with E-state index >= 15 is 0 Å². The predicted molar refractivity (Wildman–Crippen MR) is 117 cm³/mol. The first-order valence-corrected chi connectivity index (χ1v) is 12.0. The zero-order chi connectivity index (χ0) is 25.4. The highest BCUT2D eigenvalue weighted by Gasteiger charge is 2.79. The van der Waals surface area contributed by atoms with Crippen LogP contribution in [0.1, 0.15) is 68.9 Å². The minimum absolute atomic E-state index is 0.0402. The molecule has 0 amide bonds. The summed E-state index contributed by atoms with van der Waals surface area (Å²) in [6.45, 7) is 1.40. The van der Waals surface area contributed by atoms with Crippen LogP contribution in [0.25, 0.3) is 0 Å². The maximum Gasteiger partial charge on any atom is 0.456 e. The van der Waals surface area contributed by atoms with Crippen LogP contribution in [0.3, 0.4) is 0 Å². The van der Waals surface area contributed by atoms with Gasteiger partial charge in [-0.25, -0.2) is 0 Å². The minimum Gasteiger partial charge on any atom is -0.383 e. The van der Waals surface area contributed by atoms with E-state index in [9.17, 15) is 37.1 Å². The number of carbonyl (C=O) groups is 1. The molecule has 0 aliphatic heterocycles. The number of rotatable bonds is 2. The number of hydrogen-bond donors (Lipinski definition) is 1. The van der Waals surface area contributed by atoms with Gasteiger partial charge in [0.05, 0.1) is 11.6 Å². The predicted octanol–water partition coefficient (Wildman–Crippen LogP) is 6.39. The van der Waals surface area contributed by atoms with E-state index in [2.05, 4.69) is 0 Å². The molecule has 0 aromatic heterocycles. The van der Waals surface area contributed by atoms with Crippen LogP contribution in [0.15, 0.2) is 47.1 Å². The van der Waals surface area contributed by atoms with Gasteiger partial charge in [0.25, 0.3) is 0 Å². The Hall–Kier alpha value is -2.53. The average Bonchev–Trinajstić information content (AvgIpc) is 3.09. The first-order chi connectivity index (χ1) is 16.3. The Labute approximate surface area is 200 Å². The molecule has 4 aliphatic carbocycles. The van der Waals surface area contributed by atoms with E-state index in [0.29, 0.717) is 31.2 Å². The minimum atomic E-state index is -5.87. The van der Waals surface area contributed by atoms with Crippen LogP contribution in [0.5, 0.6) is 0 Å². The maximum absolute atomic E-state index is 14.9. The molecule has 0 radical (unpaired) electrons. The molecule has 5 rings (SSSR count). The average molecular weight is 492 g/mol. The molecule has 2 saturated carbocycles. The molecular formula is C27H26F5NO2. The third-order valence-electron chi connectivity index (χ3n) is 9.20. The molecule has 0 saturated heterocycles. The van der Waals surface area contributed by atoms with Crippen molar-refractivity contribution in [1.29, 1.82) is 5.26 Å². The number of ketones is 1. The lowest BCUT2D eigenvalue weighted by Gasteiger charge is -2.56. The first kappa shape index (κ1) is 24.2. The third kappa shape index (κ3) is 3.27. The summed E-state index contributed by atoms with van der Waals surface area (Å²) in [7, 11) is 0. The number of hydrogen-bond acceptors (Lipinski definition) is 3. The number of nitrogens with zero attached hydrogens (tertiary/aromatic N) is 1. The molecule has 1 N–H and O–H groups in total. The molecule has 3 unspecified atom stereocenters. The summed E-state index contributed by atoms with van der Waals surface area (Å²) in [6.07, 6.45) is -2.86. The Morgan fingerprint density at radius 1 is 1.06 bits per heavy atom. The van der Waals surface area contributed by atoms with Gasteiger partial charge in [-0.05, 0) is 85.3 Å². The van der Waals surface area contributed by atoms with Crippen molar-refractivity contribution in [3.8, 4) is 6.07 Å². The summed E-state index contributed by atoms with van der Waals surface area (Å²) in [4.78, 5) is 12.1. The second kappa shape index (κ2) is 7.73. The van der Waals surface area contributed by atoms with E-state index in [1.165, 1.54) is 6.92 Å². The molecule has 1 aromatic carbocycles. The normalized spacial score (nSPS) is 35.1. The van der Waals surface area contributed by atoms with E-state index in [1.807, 2.05) is 6.07 Å². The summed E-state index contributed by atoms with van der Waals surface area (Å²) >= 11 is 0. The maximum atomic E-state index is 14.9. The zero-order valence-electron chi connectivity index (χ0n) is 19.3. The topological polar surface area (TPSA) is 61.1 Å². The van der Waals surface area contributed by atoms with Crippen molar-refractivity contribution in [1.82, 2.24) is 0 Å².